The summed E-state index contributed by atoms with van der Waals surface area (Å²) in [7, 11) is 0. The van der Waals surface area contributed by atoms with Crippen molar-refractivity contribution in [3.05, 3.63) is 65.5 Å². The van der Waals surface area contributed by atoms with Gasteiger partial charge in [0.2, 0.25) is 5.91 Å². The molecule has 1 fully saturated rings. The molecule has 2 aromatic carbocycles. The number of hydrogen-bond donors (Lipinski definition) is 1. The van der Waals surface area contributed by atoms with E-state index in [4.69, 9.17) is 9.47 Å². The zero-order chi connectivity index (χ0) is 23.6. The standard InChI is InChI=1S/C24H27F3N2O4/c1-2-32-22-15-17(3-9-21(22)33-24(26)27)4-10-23(30)28-16-20(29-11-13-31-14-12-29)18-5-7-19(25)8-6-18/h3-10,15,20,24H,2,11-14,16H2,1H3,(H,28,30)/b10-4+. The Kier molecular flexibility index (Phi) is 9.14. The van der Waals surface area contributed by atoms with Gasteiger partial charge in [-0.25, -0.2) is 4.39 Å². The molecular formula is C24H27F3N2O4. The number of nitrogens with one attached hydrogen (secondary N) is 1. The molecule has 0 aliphatic carbocycles. The smallest absolute Gasteiger partial charge is 0.387 e. The lowest BCUT2D eigenvalue weighted by Crippen LogP contribution is -2.43. The van der Waals surface area contributed by atoms with E-state index >= 15 is 0 Å². The summed E-state index contributed by atoms with van der Waals surface area (Å²) in [6.45, 7) is 1.99. The Labute approximate surface area is 190 Å². The zero-order valence-electron chi connectivity index (χ0n) is 18.3. The van der Waals surface area contributed by atoms with E-state index in [0.717, 1.165) is 5.56 Å². The van der Waals surface area contributed by atoms with Crippen LogP contribution in [-0.4, -0.2) is 56.9 Å². The molecule has 33 heavy (non-hydrogen) atoms. The van der Waals surface area contributed by atoms with Gasteiger partial charge in [-0.2, -0.15) is 8.78 Å². The van der Waals surface area contributed by atoms with Gasteiger partial charge >= 0.3 is 6.61 Å². The van der Waals surface area contributed by atoms with Crippen LogP contribution in [0.5, 0.6) is 11.5 Å². The number of amides is 1. The Hall–Kier alpha value is -3.04. The number of rotatable bonds is 10. The lowest BCUT2D eigenvalue weighted by Gasteiger charge is -2.34. The van der Waals surface area contributed by atoms with Crippen molar-refractivity contribution in [3.63, 3.8) is 0 Å². The van der Waals surface area contributed by atoms with Gasteiger partial charge in [-0.15, -0.1) is 0 Å². The van der Waals surface area contributed by atoms with Gasteiger partial charge in [0.15, 0.2) is 11.5 Å². The minimum atomic E-state index is -2.96. The lowest BCUT2D eigenvalue weighted by molar-refractivity contribution is -0.116. The molecule has 0 saturated carbocycles. The number of nitrogens with zero attached hydrogens (tertiary/aromatic N) is 1. The van der Waals surface area contributed by atoms with Crippen molar-refractivity contribution in [2.75, 3.05) is 39.5 Å². The summed E-state index contributed by atoms with van der Waals surface area (Å²) in [6, 6.07) is 10.6. The zero-order valence-corrected chi connectivity index (χ0v) is 18.3. The van der Waals surface area contributed by atoms with Crippen LogP contribution in [0.25, 0.3) is 6.08 Å². The third kappa shape index (κ3) is 7.50. The van der Waals surface area contributed by atoms with Gasteiger partial charge < -0.3 is 19.5 Å². The molecule has 1 atom stereocenters. The van der Waals surface area contributed by atoms with Gasteiger partial charge in [-0.1, -0.05) is 18.2 Å². The Morgan fingerprint density at radius 1 is 1.15 bits per heavy atom. The SMILES string of the molecule is CCOc1cc(/C=C/C(=O)NCC(c2ccc(F)cc2)N2CCOCC2)ccc1OC(F)F. The number of hydrogen-bond acceptors (Lipinski definition) is 5. The number of carbonyl (C=O) groups excluding carboxylic acids is 1. The van der Waals surface area contributed by atoms with Crippen LogP contribution in [0.3, 0.4) is 0 Å². The molecule has 1 heterocycles. The highest BCUT2D eigenvalue weighted by atomic mass is 19.3. The second kappa shape index (κ2) is 12.3. The minimum absolute atomic E-state index is 0.0684. The van der Waals surface area contributed by atoms with Crippen molar-refractivity contribution < 1.29 is 32.2 Å². The topological polar surface area (TPSA) is 60.0 Å². The predicted molar refractivity (Wildman–Crippen MR) is 118 cm³/mol. The summed E-state index contributed by atoms with van der Waals surface area (Å²) < 4.78 is 53.7. The molecule has 0 radical (unpaired) electrons. The van der Waals surface area contributed by atoms with Gasteiger partial charge in [0.05, 0.1) is 25.9 Å². The number of ether oxygens (including phenoxy) is 3. The minimum Gasteiger partial charge on any atom is -0.490 e. The fraction of sp³-hybridized carbons (Fsp3) is 0.375. The maximum Gasteiger partial charge on any atom is 0.387 e. The molecule has 3 rings (SSSR count). The molecule has 0 spiro atoms. The summed E-state index contributed by atoms with van der Waals surface area (Å²) in [5, 5.41) is 2.88. The van der Waals surface area contributed by atoms with Gasteiger partial charge in [-0.3, -0.25) is 9.69 Å². The normalized spacial score (nSPS) is 15.5. The maximum absolute atomic E-state index is 13.4. The van der Waals surface area contributed by atoms with E-state index in [1.807, 2.05) is 0 Å². The molecule has 1 amide bonds. The van der Waals surface area contributed by atoms with E-state index in [2.05, 4.69) is 15.0 Å². The van der Waals surface area contributed by atoms with E-state index in [-0.39, 0.29) is 35.9 Å². The average molecular weight is 464 g/mol. The summed E-state index contributed by atoms with van der Waals surface area (Å²) in [6.07, 6.45) is 2.92. The van der Waals surface area contributed by atoms with Crippen molar-refractivity contribution >= 4 is 12.0 Å². The predicted octanol–water partition coefficient (Wildman–Crippen LogP) is 4.03. The fourth-order valence-electron chi connectivity index (χ4n) is 3.55. The van der Waals surface area contributed by atoms with Crippen molar-refractivity contribution in [2.45, 2.75) is 19.6 Å². The molecule has 9 heteroatoms. The number of carbonyl (C=O) groups is 1. The molecule has 0 aromatic heterocycles. The quantitative estimate of drug-likeness (QED) is 0.538. The lowest BCUT2D eigenvalue weighted by atomic mass is 10.0. The van der Waals surface area contributed by atoms with E-state index in [9.17, 15) is 18.0 Å². The molecule has 2 aromatic rings. The van der Waals surface area contributed by atoms with E-state index in [1.165, 1.54) is 30.3 Å². The highest BCUT2D eigenvalue weighted by Crippen LogP contribution is 2.30. The summed E-state index contributed by atoms with van der Waals surface area (Å²) in [5.41, 5.74) is 1.50. The average Bonchev–Trinajstić information content (AvgIpc) is 2.81. The Balaban J connectivity index is 1.65. The molecule has 6 nitrogen and oxygen atoms in total. The number of benzene rings is 2. The molecule has 1 unspecified atom stereocenters. The molecular weight excluding hydrogens is 437 g/mol. The van der Waals surface area contributed by atoms with E-state index < -0.39 is 6.61 Å². The first kappa shape index (κ1) is 24.6. The molecule has 1 aliphatic heterocycles. The Morgan fingerprint density at radius 3 is 2.55 bits per heavy atom. The highest BCUT2D eigenvalue weighted by molar-refractivity contribution is 5.91. The first-order chi connectivity index (χ1) is 16.0. The second-order valence-corrected chi connectivity index (χ2v) is 7.31. The number of alkyl halides is 2. The van der Waals surface area contributed by atoms with Crippen LogP contribution in [0.1, 0.15) is 24.1 Å². The van der Waals surface area contributed by atoms with Gasteiger partial charge in [0.1, 0.15) is 5.82 Å². The van der Waals surface area contributed by atoms with Crippen LogP contribution >= 0.6 is 0 Å². The Bertz CT molecular complexity index is 932. The number of halogens is 3. The first-order valence-electron chi connectivity index (χ1n) is 10.7. The molecule has 178 valence electrons. The summed E-state index contributed by atoms with van der Waals surface area (Å²) in [5.74, 6) is -0.533. The molecule has 0 bridgehead atoms. The highest BCUT2D eigenvalue weighted by Gasteiger charge is 2.23. The van der Waals surface area contributed by atoms with Crippen molar-refractivity contribution in [1.82, 2.24) is 10.2 Å². The third-order valence-electron chi connectivity index (χ3n) is 5.12. The molecule has 1 N–H and O–H groups in total. The van der Waals surface area contributed by atoms with Gasteiger partial charge in [0.25, 0.3) is 0 Å². The van der Waals surface area contributed by atoms with Gasteiger partial charge in [0, 0.05) is 25.7 Å². The van der Waals surface area contributed by atoms with Crippen LogP contribution in [0.2, 0.25) is 0 Å². The summed E-state index contributed by atoms with van der Waals surface area (Å²) in [4.78, 5) is 14.6. The maximum atomic E-state index is 13.4. The monoisotopic (exact) mass is 464 g/mol. The molecule has 1 aliphatic rings. The number of morpholine rings is 1. The third-order valence-corrected chi connectivity index (χ3v) is 5.12. The summed E-state index contributed by atoms with van der Waals surface area (Å²) >= 11 is 0. The van der Waals surface area contributed by atoms with E-state index in [1.54, 1.807) is 31.2 Å². The largest absolute Gasteiger partial charge is 0.490 e. The van der Waals surface area contributed by atoms with Crippen LogP contribution in [-0.2, 0) is 9.53 Å². The fourth-order valence-corrected chi connectivity index (χ4v) is 3.55. The van der Waals surface area contributed by atoms with Crippen molar-refractivity contribution in [2.24, 2.45) is 0 Å². The molecule has 1 saturated heterocycles. The Morgan fingerprint density at radius 2 is 1.88 bits per heavy atom. The van der Waals surface area contributed by atoms with Crippen LogP contribution < -0.4 is 14.8 Å². The van der Waals surface area contributed by atoms with Crippen molar-refractivity contribution in [3.8, 4) is 11.5 Å². The first-order valence-corrected chi connectivity index (χ1v) is 10.7. The van der Waals surface area contributed by atoms with E-state index in [0.29, 0.717) is 38.4 Å². The second-order valence-electron chi connectivity index (χ2n) is 7.31. The van der Waals surface area contributed by atoms with Crippen LogP contribution in [0.4, 0.5) is 13.2 Å². The van der Waals surface area contributed by atoms with Crippen molar-refractivity contribution in [1.29, 1.82) is 0 Å². The van der Waals surface area contributed by atoms with Gasteiger partial charge in [-0.05, 0) is 48.4 Å². The van der Waals surface area contributed by atoms with Crippen LogP contribution in [0, 0.1) is 5.82 Å². The van der Waals surface area contributed by atoms with Crippen LogP contribution in [0.15, 0.2) is 48.5 Å².